The quantitative estimate of drug-likeness (QED) is 0.559. The van der Waals surface area contributed by atoms with E-state index in [1.165, 1.54) is 0 Å². The second kappa shape index (κ2) is 12.3. The number of aliphatic carboxylic acids is 2. The highest BCUT2D eigenvalue weighted by atomic mass is 16.4. The molecule has 1 aliphatic rings. The predicted molar refractivity (Wildman–Crippen MR) is 98.7 cm³/mol. The van der Waals surface area contributed by atoms with Crippen LogP contribution < -0.4 is 0 Å². The van der Waals surface area contributed by atoms with Gasteiger partial charge in [-0.05, 0) is 0 Å². The molecule has 144 valence electrons. The molecule has 1 rings (SSSR count). The first kappa shape index (κ1) is 21.9. The highest BCUT2D eigenvalue weighted by molar-refractivity contribution is 5.69. The summed E-state index contributed by atoms with van der Waals surface area (Å²) in [5, 5.41) is 18.2. The fraction of sp³-hybridized carbons (Fsp3) is 0.667. The van der Waals surface area contributed by atoms with Gasteiger partial charge in [-0.25, -0.2) is 0 Å². The van der Waals surface area contributed by atoms with Gasteiger partial charge in [-0.3, -0.25) is 29.2 Å². The molecular weight excluding hydrogens is 336 g/mol. The molecule has 1 aliphatic heterocycles. The summed E-state index contributed by atoms with van der Waals surface area (Å²) in [7, 11) is 0. The molecule has 1 heterocycles. The van der Waals surface area contributed by atoms with Crippen molar-refractivity contribution in [3.05, 3.63) is 0 Å². The van der Waals surface area contributed by atoms with Gasteiger partial charge in [0.2, 0.25) is 0 Å². The lowest BCUT2D eigenvalue weighted by molar-refractivity contribution is -0.139. The lowest BCUT2D eigenvalue weighted by atomic mass is 10.3. The first-order chi connectivity index (χ1) is 12.4. The van der Waals surface area contributed by atoms with Crippen LogP contribution in [0.25, 0.3) is 0 Å². The number of carbonyl (C=O) groups is 2. The fourth-order valence-electron chi connectivity index (χ4n) is 2.85. The van der Waals surface area contributed by atoms with Crippen molar-refractivity contribution in [2.24, 2.45) is 0 Å². The average Bonchev–Trinajstić information content (AvgIpc) is 2.56. The predicted octanol–water partition coefficient (Wildman–Crippen LogP) is -1.36. The third kappa shape index (κ3) is 9.40. The number of hydrogen-bond donors (Lipinski definition) is 2. The highest BCUT2D eigenvalue weighted by Crippen LogP contribution is 2.00. The normalized spacial score (nSPS) is 19.6. The molecule has 0 aromatic rings. The lowest BCUT2D eigenvalue weighted by Gasteiger charge is -2.32. The Morgan fingerprint density at radius 1 is 0.654 bits per heavy atom. The van der Waals surface area contributed by atoms with Gasteiger partial charge in [0.1, 0.15) is 0 Å². The van der Waals surface area contributed by atoms with E-state index in [0.29, 0.717) is 65.4 Å². The first-order valence-electron chi connectivity index (χ1n) is 8.64. The van der Waals surface area contributed by atoms with Gasteiger partial charge < -0.3 is 10.2 Å². The molecule has 0 radical (unpaired) electrons. The molecule has 0 aliphatic carbocycles. The number of carboxylic acid groups (broad SMARTS) is 2. The van der Waals surface area contributed by atoms with E-state index in [0.717, 1.165) is 0 Å². The third-order valence-electron chi connectivity index (χ3n) is 4.28. The van der Waals surface area contributed by atoms with E-state index in [-0.39, 0.29) is 13.1 Å². The monoisotopic (exact) mass is 364 g/mol. The number of hydrogen-bond acceptors (Lipinski definition) is 6. The van der Waals surface area contributed by atoms with Crippen LogP contribution in [0.4, 0.5) is 0 Å². The molecule has 1 fully saturated rings. The van der Waals surface area contributed by atoms with Gasteiger partial charge in [0.05, 0.1) is 26.2 Å². The van der Waals surface area contributed by atoms with Crippen LogP contribution in [0.1, 0.15) is 0 Å². The summed E-state index contributed by atoms with van der Waals surface area (Å²) >= 11 is 0. The van der Waals surface area contributed by atoms with Gasteiger partial charge in [-0.1, -0.05) is 11.8 Å². The molecule has 26 heavy (non-hydrogen) atoms. The zero-order chi connectivity index (χ0) is 19.4. The van der Waals surface area contributed by atoms with E-state index < -0.39 is 11.9 Å². The standard InChI is InChI=1S/C18H28N4O4/c1-3-5-19-7-11-21(15-17(23)24)13-9-20(6-4-2)10-14-22(12-8-19)16-18(25)26/h1-2H,5-16H2,(H,23,24)(H,25,26). The van der Waals surface area contributed by atoms with Gasteiger partial charge in [-0.2, -0.15) is 0 Å². The molecule has 1 saturated heterocycles. The summed E-state index contributed by atoms with van der Waals surface area (Å²) in [4.78, 5) is 30.1. The minimum Gasteiger partial charge on any atom is -0.480 e. The Morgan fingerprint density at radius 2 is 0.923 bits per heavy atom. The van der Waals surface area contributed by atoms with Crippen LogP contribution in [0.5, 0.6) is 0 Å². The number of carboxylic acids is 2. The number of rotatable bonds is 6. The van der Waals surface area contributed by atoms with Gasteiger partial charge in [0.25, 0.3) is 0 Å². The Bertz CT molecular complexity index is 476. The van der Waals surface area contributed by atoms with Crippen molar-refractivity contribution < 1.29 is 19.8 Å². The van der Waals surface area contributed by atoms with Crippen LogP contribution in [0.3, 0.4) is 0 Å². The van der Waals surface area contributed by atoms with Crippen LogP contribution in [0, 0.1) is 24.7 Å². The van der Waals surface area contributed by atoms with Crippen LogP contribution in [-0.2, 0) is 9.59 Å². The second-order valence-corrected chi connectivity index (χ2v) is 6.30. The van der Waals surface area contributed by atoms with Crippen molar-refractivity contribution in [1.29, 1.82) is 0 Å². The van der Waals surface area contributed by atoms with Crippen molar-refractivity contribution in [1.82, 2.24) is 19.6 Å². The van der Waals surface area contributed by atoms with E-state index in [1.807, 2.05) is 19.6 Å². The summed E-state index contributed by atoms with van der Waals surface area (Å²) in [6.07, 6.45) is 10.8. The van der Waals surface area contributed by atoms with E-state index in [4.69, 9.17) is 23.1 Å². The Kier molecular flexibility index (Phi) is 10.4. The zero-order valence-electron chi connectivity index (χ0n) is 15.1. The second-order valence-electron chi connectivity index (χ2n) is 6.30. The van der Waals surface area contributed by atoms with Crippen LogP contribution in [0.2, 0.25) is 0 Å². The number of terminal acetylenes is 2. The SMILES string of the molecule is C#CCN1CCN(CC(=O)O)CCN(CC#C)CCN(CC(=O)O)CC1. The molecule has 8 nitrogen and oxygen atoms in total. The van der Waals surface area contributed by atoms with E-state index in [9.17, 15) is 9.59 Å². The topological polar surface area (TPSA) is 87.6 Å². The van der Waals surface area contributed by atoms with E-state index in [2.05, 4.69) is 11.8 Å². The van der Waals surface area contributed by atoms with Crippen molar-refractivity contribution in [3.63, 3.8) is 0 Å². The Morgan fingerprint density at radius 3 is 1.15 bits per heavy atom. The highest BCUT2D eigenvalue weighted by Gasteiger charge is 2.18. The summed E-state index contributed by atoms with van der Waals surface area (Å²) in [6, 6.07) is 0. The maximum Gasteiger partial charge on any atom is 0.317 e. The molecule has 0 aromatic heterocycles. The molecule has 0 amide bonds. The average molecular weight is 364 g/mol. The molecule has 0 unspecified atom stereocenters. The molecule has 0 aromatic carbocycles. The van der Waals surface area contributed by atoms with Gasteiger partial charge >= 0.3 is 11.9 Å². The van der Waals surface area contributed by atoms with Crippen LogP contribution >= 0.6 is 0 Å². The van der Waals surface area contributed by atoms with Gasteiger partial charge in [-0.15, -0.1) is 12.8 Å². The maximum atomic E-state index is 11.1. The molecule has 0 bridgehead atoms. The minimum absolute atomic E-state index is 0.0288. The Balaban J connectivity index is 2.83. The summed E-state index contributed by atoms with van der Waals surface area (Å²) in [5.41, 5.74) is 0. The lowest BCUT2D eigenvalue weighted by Crippen LogP contribution is -2.47. The molecule has 0 spiro atoms. The molecule has 8 heteroatoms. The Labute approximate surface area is 155 Å². The van der Waals surface area contributed by atoms with Crippen molar-refractivity contribution in [2.75, 3.05) is 78.5 Å². The zero-order valence-corrected chi connectivity index (χ0v) is 15.1. The van der Waals surface area contributed by atoms with Crippen LogP contribution in [0.15, 0.2) is 0 Å². The summed E-state index contributed by atoms with van der Waals surface area (Å²) in [6.45, 7) is 5.69. The largest absolute Gasteiger partial charge is 0.480 e. The first-order valence-corrected chi connectivity index (χ1v) is 8.64. The number of nitrogens with zero attached hydrogens (tertiary/aromatic N) is 4. The summed E-state index contributed by atoms with van der Waals surface area (Å²) in [5.74, 6) is 3.49. The molecule has 0 atom stereocenters. The van der Waals surface area contributed by atoms with E-state index in [1.54, 1.807) is 0 Å². The van der Waals surface area contributed by atoms with Crippen molar-refractivity contribution in [3.8, 4) is 24.7 Å². The van der Waals surface area contributed by atoms with Crippen LogP contribution in [-0.4, -0.2) is 120 Å². The smallest absolute Gasteiger partial charge is 0.317 e. The summed E-state index contributed by atoms with van der Waals surface area (Å²) < 4.78 is 0. The van der Waals surface area contributed by atoms with E-state index >= 15 is 0 Å². The third-order valence-corrected chi connectivity index (χ3v) is 4.28. The molecular formula is C18H28N4O4. The van der Waals surface area contributed by atoms with Crippen molar-refractivity contribution in [2.45, 2.75) is 0 Å². The molecule has 2 N–H and O–H groups in total. The molecule has 0 saturated carbocycles. The Hall–Kier alpha value is -2.10. The minimum atomic E-state index is -0.864. The maximum absolute atomic E-state index is 11.1. The van der Waals surface area contributed by atoms with Crippen molar-refractivity contribution >= 4 is 11.9 Å². The fourth-order valence-corrected chi connectivity index (χ4v) is 2.85. The van der Waals surface area contributed by atoms with Gasteiger partial charge in [0.15, 0.2) is 0 Å². The van der Waals surface area contributed by atoms with Gasteiger partial charge in [0, 0.05) is 52.4 Å².